The molecular formula is C28H44FN7O2. The van der Waals surface area contributed by atoms with E-state index < -0.39 is 5.82 Å². The first kappa shape index (κ1) is 28.3. The van der Waals surface area contributed by atoms with Crippen molar-refractivity contribution in [2.45, 2.75) is 70.4 Å². The summed E-state index contributed by atoms with van der Waals surface area (Å²) >= 11 is 0. The Morgan fingerprint density at radius 1 is 1.39 bits per heavy atom. The normalized spacial score (nSPS) is 21.9. The van der Waals surface area contributed by atoms with Gasteiger partial charge in [-0.05, 0) is 49.8 Å². The molecule has 1 saturated heterocycles. The van der Waals surface area contributed by atoms with Gasteiger partial charge in [0.05, 0.1) is 13.0 Å². The van der Waals surface area contributed by atoms with Gasteiger partial charge in [-0.15, -0.1) is 0 Å². The molecule has 9 nitrogen and oxygen atoms in total. The number of carbonyl (C=O) groups is 1. The largest absolute Gasteiger partial charge is 0.493 e. The molecule has 1 saturated carbocycles. The lowest BCUT2D eigenvalue weighted by Crippen LogP contribution is -2.59. The van der Waals surface area contributed by atoms with Gasteiger partial charge in [0.1, 0.15) is 11.6 Å². The summed E-state index contributed by atoms with van der Waals surface area (Å²) in [5, 5.41) is 10.5. The van der Waals surface area contributed by atoms with E-state index in [0.29, 0.717) is 54.8 Å². The van der Waals surface area contributed by atoms with Crippen LogP contribution in [0.2, 0.25) is 0 Å². The van der Waals surface area contributed by atoms with Gasteiger partial charge in [0.25, 0.3) is 0 Å². The van der Waals surface area contributed by atoms with E-state index in [0.717, 1.165) is 44.0 Å². The monoisotopic (exact) mass is 529 g/mol. The molecule has 4 N–H and O–H groups in total. The smallest absolute Gasteiger partial charge is 0.227 e. The van der Waals surface area contributed by atoms with E-state index in [1.165, 1.54) is 6.07 Å². The van der Waals surface area contributed by atoms with Gasteiger partial charge in [-0.3, -0.25) is 4.79 Å². The molecule has 1 aromatic carbocycles. The highest BCUT2D eigenvalue weighted by atomic mass is 19.1. The predicted octanol–water partition coefficient (Wildman–Crippen LogP) is 3.08. The summed E-state index contributed by atoms with van der Waals surface area (Å²) in [5.74, 6) is 2.93. The lowest BCUT2D eigenvalue weighted by atomic mass is 9.92. The minimum absolute atomic E-state index is 0.0493. The van der Waals surface area contributed by atoms with Crippen LogP contribution in [0.4, 0.5) is 10.3 Å². The molecule has 0 radical (unpaired) electrons. The summed E-state index contributed by atoms with van der Waals surface area (Å²) in [4.78, 5) is 20.8. The van der Waals surface area contributed by atoms with Crippen LogP contribution in [0.3, 0.4) is 0 Å². The van der Waals surface area contributed by atoms with E-state index in [1.807, 2.05) is 14.1 Å². The molecule has 2 heterocycles. The Morgan fingerprint density at radius 3 is 2.79 bits per heavy atom. The summed E-state index contributed by atoms with van der Waals surface area (Å²) in [6.45, 7) is 9.07. The van der Waals surface area contributed by atoms with Gasteiger partial charge in [-0.2, -0.15) is 10.1 Å². The molecule has 2 aromatic rings. The van der Waals surface area contributed by atoms with Gasteiger partial charge in [-0.1, -0.05) is 33.3 Å². The topological polar surface area (TPSA) is 112 Å². The van der Waals surface area contributed by atoms with Gasteiger partial charge in [0, 0.05) is 50.2 Å². The maximum atomic E-state index is 14.6. The Kier molecular flexibility index (Phi) is 8.92. The average Bonchev–Trinajstić information content (AvgIpc) is 3.26. The van der Waals surface area contributed by atoms with Crippen molar-refractivity contribution >= 4 is 11.9 Å². The van der Waals surface area contributed by atoms with Crippen molar-refractivity contribution in [2.24, 2.45) is 17.6 Å². The maximum Gasteiger partial charge on any atom is 0.227 e. The number of H-pyrrole nitrogens is 1. The van der Waals surface area contributed by atoms with Gasteiger partial charge < -0.3 is 25.6 Å². The molecule has 1 aliphatic heterocycles. The fourth-order valence-electron chi connectivity index (χ4n) is 5.38. The van der Waals surface area contributed by atoms with Crippen molar-refractivity contribution in [3.05, 3.63) is 35.4 Å². The van der Waals surface area contributed by atoms with E-state index in [1.54, 1.807) is 17.0 Å². The summed E-state index contributed by atoms with van der Waals surface area (Å²) < 4.78 is 20.5. The van der Waals surface area contributed by atoms with Crippen LogP contribution in [-0.4, -0.2) is 77.9 Å². The van der Waals surface area contributed by atoms with Crippen LogP contribution in [0.25, 0.3) is 0 Å². The fourth-order valence-corrected chi connectivity index (χ4v) is 5.38. The third kappa shape index (κ3) is 6.64. The van der Waals surface area contributed by atoms with Gasteiger partial charge in [-0.25, -0.2) is 9.49 Å². The molecule has 3 unspecified atom stereocenters. The van der Waals surface area contributed by atoms with Gasteiger partial charge in [0.2, 0.25) is 11.9 Å². The molecule has 0 spiro atoms. The SMILES string of the molecule is CCC(CCN(C)c1nc(C(C)C)n[nH]1)C1CC1(N)CCOc1ccc(CC(=O)N2CC(NC)C2)c(F)c1. The van der Waals surface area contributed by atoms with E-state index in [2.05, 4.69) is 46.2 Å². The average molecular weight is 530 g/mol. The molecule has 210 valence electrons. The quantitative estimate of drug-likeness (QED) is 0.345. The number of carbonyl (C=O) groups excluding carboxylic acids is 1. The molecule has 4 rings (SSSR count). The van der Waals surface area contributed by atoms with Crippen molar-refractivity contribution in [1.82, 2.24) is 25.4 Å². The molecule has 10 heteroatoms. The Morgan fingerprint density at radius 2 is 2.16 bits per heavy atom. The fraction of sp³-hybridized carbons (Fsp3) is 0.679. The highest BCUT2D eigenvalue weighted by molar-refractivity contribution is 5.79. The van der Waals surface area contributed by atoms with Crippen LogP contribution >= 0.6 is 0 Å². The van der Waals surface area contributed by atoms with E-state index >= 15 is 0 Å². The number of likely N-dealkylation sites (N-methyl/N-ethyl adjacent to an activating group) is 1. The van der Waals surface area contributed by atoms with Crippen molar-refractivity contribution in [2.75, 3.05) is 45.2 Å². The number of anilines is 1. The van der Waals surface area contributed by atoms with Crippen LogP contribution < -0.4 is 20.7 Å². The molecular weight excluding hydrogens is 485 g/mol. The van der Waals surface area contributed by atoms with Crippen LogP contribution in [-0.2, 0) is 11.2 Å². The van der Waals surface area contributed by atoms with E-state index in [9.17, 15) is 9.18 Å². The first-order chi connectivity index (χ1) is 18.1. The molecule has 1 amide bonds. The number of ether oxygens (including phenoxy) is 1. The highest BCUT2D eigenvalue weighted by Gasteiger charge is 2.53. The maximum absolute atomic E-state index is 14.6. The lowest BCUT2D eigenvalue weighted by Gasteiger charge is -2.39. The number of hydrogen-bond acceptors (Lipinski definition) is 7. The number of rotatable bonds is 14. The second kappa shape index (κ2) is 12.0. The van der Waals surface area contributed by atoms with Crippen molar-refractivity contribution in [1.29, 1.82) is 0 Å². The van der Waals surface area contributed by atoms with Crippen LogP contribution in [0.15, 0.2) is 18.2 Å². The van der Waals surface area contributed by atoms with Crippen molar-refractivity contribution in [3.8, 4) is 5.75 Å². The van der Waals surface area contributed by atoms with Gasteiger partial charge in [0.15, 0.2) is 5.82 Å². The van der Waals surface area contributed by atoms with E-state index in [4.69, 9.17) is 10.5 Å². The predicted molar refractivity (Wildman–Crippen MR) is 147 cm³/mol. The Hall–Kier alpha value is -2.72. The lowest BCUT2D eigenvalue weighted by molar-refractivity contribution is -0.135. The zero-order valence-electron chi connectivity index (χ0n) is 23.5. The minimum Gasteiger partial charge on any atom is -0.493 e. The molecule has 3 atom stereocenters. The molecule has 2 fully saturated rings. The summed E-state index contributed by atoms with van der Waals surface area (Å²) in [5.41, 5.74) is 6.88. The molecule has 38 heavy (non-hydrogen) atoms. The van der Waals surface area contributed by atoms with Crippen molar-refractivity contribution in [3.63, 3.8) is 0 Å². The first-order valence-electron chi connectivity index (χ1n) is 13.9. The highest BCUT2D eigenvalue weighted by Crippen LogP contribution is 2.50. The second-order valence-corrected chi connectivity index (χ2v) is 11.4. The number of halogens is 1. The number of nitrogens with one attached hydrogen (secondary N) is 2. The number of nitrogens with zero attached hydrogens (tertiary/aromatic N) is 4. The van der Waals surface area contributed by atoms with E-state index in [-0.39, 0.29) is 17.9 Å². The van der Waals surface area contributed by atoms with Crippen LogP contribution in [0.5, 0.6) is 5.75 Å². The minimum atomic E-state index is -0.407. The van der Waals surface area contributed by atoms with Gasteiger partial charge >= 0.3 is 0 Å². The number of aromatic amines is 1. The Labute approximate surface area is 225 Å². The molecule has 0 bridgehead atoms. The molecule has 2 aliphatic rings. The van der Waals surface area contributed by atoms with Crippen LogP contribution in [0.1, 0.15) is 63.8 Å². The zero-order valence-corrected chi connectivity index (χ0v) is 23.5. The Balaban J connectivity index is 1.20. The Bertz CT molecular complexity index is 1090. The number of likely N-dealkylation sites (tertiary alicyclic amines) is 1. The number of aromatic nitrogens is 3. The standard InChI is InChI=1S/C28H44FN7O2/c1-6-19(9-11-35(5)27-32-26(18(2)3)33-34-27)23-15-28(23,30)10-12-38-22-8-7-20(24(29)14-22)13-25(37)36-16-21(17-36)31-4/h7-8,14,18-19,21,23,31H,6,9-13,15-17,30H2,1-5H3,(H,32,33,34). The number of benzene rings is 1. The second-order valence-electron chi connectivity index (χ2n) is 11.4. The van der Waals surface area contributed by atoms with Crippen LogP contribution in [0, 0.1) is 17.7 Å². The number of amides is 1. The number of nitrogens with two attached hydrogens (primary N) is 1. The third-order valence-corrected chi connectivity index (χ3v) is 8.32. The molecule has 1 aromatic heterocycles. The first-order valence-corrected chi connectivity index (χ1v) is 13.9. The summed E-state index contributed by atoms with van der Waals surface area (Å²) in [6.07, 6.45) is 3.89. The zero-order chi connectivity index (χ0) is 27.4. The number of hydrogen-bond donors (Lipinski definition) is 3. The molecule has 1 aliphatic carbocycles. The third-order valence-electron chi connectivity index (χ3n) is 8.32. The summed E-state index contributed by atoms with van der Waals surface area (Å²) in [6, 6.07) is 5.10. The van der Waals surface area contributed by atoms with Crippen molar-refractivity contribution < 1.29 is 13.9 Å². The summed E-state index contributed by atoms with van der Waals surface area (Å²) in [7, 11) is 3.92.